The molecule has 0 spiro atoms. The molecule has 6 heteroatoms. The summed E-state index contributed by atoms with van der Waals surface area (Å²) in [4.78, 5) is 12.2. The molecule has 1 rings (SSSR count). The van der Waals surface area contributed by atoms with Gasteiger partial charge in [0.15, 0.2) is 0 Å². The summed E-state index contributed by atoms with van der Waals surface area (Å²) in [6.07, 6.45) is 1.13. The van der Waals surface area contributed by atoms with Crippen molar-refractivity contribution in [3.8, 4) is 11.8 Å². The molecule has 0 saturated heterocycles. The maximum absolute atomic E-state index is 12.2. The molecule has 1 aromatic rings. The van der Waals surface area contributed by atoms with E-state index in [1.54, 1.807) is 19.1 Å². The number of sulfone groups is 1. The minimum atomic E-state index is -3.16. The molecule has 0 aliphatic heterocycles. The maximum atomic E-state index is 12.2. The van der Waals surface area contributed by atoms with Crippen LogP contribution in [0.4, 0.5) is 0 Å². The lowest BCUT2D eigenvalue weighted by Gasteiger charge is -2.14. The zero-order valence-corrected chi connectivity index (χ0v) is 13.1. The molecule has 1 amide bonds. The number of hydrogen-bond acceptors (Lipinski definition) is 4. The normalized spacial score (nSPS) is 12.2. The van der Waals surface area contributed by atoms with Gasteiger partial charge < -0.3 is 10.4 Å². The molecule has 0 saturated carbocycles. The van der Waals surface area contributed by atoms with E-state index < -0.39 is 15.9 Å². The summed E-state index contributed by atoms with van der Waals surface area (Å²) < 4.78 is 22.4. The highest BCUT2D eigenvalue weighted by Crippen LogP contribution is 2.11. The molecule has 5 nitrogen and oxygen atoms in total. The van der Waals surface area contributed by atoms with Crippen LogP contribution < -0.4 is 5.32 Å². The molecule has 21 heavy (non-hydrogen) atoms. The van der Waals surface area contributed by atoms with Gasteiger partial charge in [-0.3, -0.25) is 4.79 Å². The van der Waals surface area contributed by atoms with Crippen LogP contribution in [0.3, 0.4) is 0 Å². The van der Waals surface area contributed by atoms with Crippen molar-refractivity contribution in [2.24, 2.45) is 0 Å². The molecule has 114 valence electrons. The smallest absolute Gasteiger partial charge is 0.252 e. The fourth-order valence-corrected chi connectivity index (χ4v) is 2.88. The van der Waals surface area contributed by atoms with Gasteiger partial charge in [-0.1, -0.05) is 23.5 Å². The third-order valence-corrected chi connectivity index (χ3v) is 3.76. The van der Waals surface area contributed by atoms with Crippen molar-refractivity contribution in [3.05, 3.63) is 34.9 Å². The average Bonchev–Trinajstić information content (AvgIpc) is 2.34. The molecule has 2 N–H and O–H groups in total. The Morgan fingerprint density at radius 2 is 2.10 bits per heavy atom. The molecule has 0 bridgehead atoms. The number of aliphatic hydroxyl groups is 1. The summed E-state index contributed by atoms with van der Waals surface area (Å²) in [7, 11) is -3.16. The van der Waals surface area contributed by atoms with Gasteiger partial charge in [-0.2, -0.15) is 0 Å². The Hall–Kier alpha value is -1.84. The largest absolute Gasteiger partial charge is 0.384 e. The lowest BCUT2D eigenvalue weighted by Crippen LogP contribution is -2.37. The van der Waals surface area contributed by atoms with Crippen LogP contribution in [-0.2, 0) is 9.84 Å². The molecule has 0 heterocycles. The number of aryl methyl sites for hydroxylation is 1. The molecular weight excluding hydrogens is 290 g/mol. The number of hydrogen-bond donors (Lipinski definition) is 2. The fraction of sp³-hybridized carbons (Fsp3) is 0.400. The molecule has 1 aromatic carbocycles. The minimum Gasteiger partial charge on any atom is -0.384 e. The van der Waals surface area contributed by atoms with E-state index in [0.717, 1.165) is 11.8 Å². The van der Waals surface area contributed by atoms with Crippen LogP contribution in [0.5, 0.6) is 0 Å². The first kappa shape index (κ1) is 17.2. The van der Waals surface area contributed by atoms with Crippen LogP contribution in [0.15, 0.2) is 18.2 Å². The summed E-state index contributed by atoms with van der Waals surface area (Å²) in [6, 6.07) is 4.71. The average molecular weight is 309 g/mol. The van der Waals surface area contributed by atoms with Gasteiger partial charge in [-0.05, 0) is 26.0 Å². The van der Waals surface area contributed by atoms with Gasteiger partial charge in [0.1, 0.15) is 16.4 Å². The minimum absolute atomic E-state index is 0.123. The van der Waals surface area contributed by atoms with Gasteiger partial charge in [0.2, 0.25) is 0 Å². The first-order chi connectivity index (χ1) is 9.73. The molecule has 0 radical (unpaired) electrons. The van der Waals surface area contributed by atoms with Crippen molar-refractivity contribution in [1.29, 1.82) is 0 Å². The Kier molecular flexibility index (Phi) is 5.94. The number of carbonyl (C=O) groups is 1. The number of benzene rings is 1. The SMILES string of the molecule is Cc1ccc(C#CCO)c(C(=O)NC(C)CS(C)(=O)=O)c1. The van der Waals surface area contributed by atoms with Crippen LogP contribution in [0.25, 0.3) is 0 Å². The zero-order valence-electron chi connectivity index (χ0n) is 12.3. The molecule has 0 aromatic heterocycles. The highest BCUT2D eigenvalue weighted by atomic mass is 32.2. The Morgan fingerprint density at radius 1 is 1.43 bits per heavy atom. The molecule has 0 aliphatic carbocycles. The van der Waals surface area contributed by atoms with Crippen molar-refractivity contribution in [2.45, 2.75) is 19.9 Å². The quantitative estimate of drug-likeness (QED) is 0.794. The summed E-state index contributed by atoms with van der Waals surface area (Å²) >= 11 is 0. The van der Waals surface area contributed by atoms with Crippen LogP contribution >= 0.6 is 0 Å². The van der Waals surface area contributed by atoms with E-state index >= 15 is 0 Å². The lowest BCUT2D eigenvalue weighted by atomic mass is 10.0. The summed E-state index contributed by atoms with van der Waals surface area (Å²) in [5.74, 6) is 4.71. The molecular formula is C15H19NO4S. The summed E-state index contributed by atoms with van der Waals surface area (Å²) in [5.41, 5.74) is 1.76. The third kappa shape index (κ3) is 5.98. The summed E-state index contributed by atoms with van der Waals surface area (Å²) in [6.45, 7) is 3.19. The zero-order chi connectivity index (χ0) is 16.0. The fourth-order valence-electron chi connectivity index (χ4n) is 1.89. The monoisotopic (exact) mass is 309 g/mol. The molecule has 0 aliphatic rings. The highest BCUT2D eigenvalue weighted by molar-refractivity contribution is 7.90. The number of amides is 1. The number of rotatable bonds is 4. The van der Waals surface area contributed by atoms with Crippen molar-refractivity contribution in [2.75, 3.05) is 18.6 Å². The summed E-state index contributed by atoms with van der Waals surface area (Å²) in [5, 5.41) is 11.4. The van der Waals surface area contributed by atoms with Crippen LogP contribution in [0, 0.1) is 18.8 Å². The van der Waals surface area contributed by atoms with E-state index in [0.29, 0.717) is 11.1 Å². The van der Waals surface area contributed by atoms with E-state index in [4.69, 9.17) is 5.11 Å². The second-order valence-corrected chi connectivity index (χ2v) is 7.16. The van der Waals surface area contributed by atoms with Crippen molar-refractivity contribution in [3.63, 3.8) is 0 Å². The van der Waals surface area contributed by atoms with Gasteiger partial charge in [0, 0.05) is 17.9 Å². The predicted molar refractivity (Wildman–Crippen MR) is 81.8 cm³/mol. The second kappa shape index (κ2) is 7.25. The topological polar surface area (TPSA) is 83.5 Å². The lowest BCUT2D eigenvalue weighted by molar-refractivity contribution is 0.0943. The van der Waals surface area contributed by atoms with E-state index in [9.17, 15) is 13.2 Å². The van der Waals surface area contributed by atoms with E-state index in [1.165, 1.54) is 0 Å². The Bertz CT molecular complexity index is 683. The van der Waals surface area contributed by atoms with Gasteiger partial charge in [-0.15, -0.1) is 0 Å². The van der Waals surface area contributed by atoms with Gasteiger partial charge in [0.05, 0.1) is 11.3 Å². The second-order valence-electron chi connectivity index (χ2n) is 4.98. The van der Waals surface area contributed by atoms with E-state index in [-0.39, 0.29) is 18.3 Å². The van der Waals surface area contributed by atoms with Gasteiger partial charge >= 0.3 is 0 Å². The Labute approximate surface area is 125 Å². The predicted octanol–water partition coefficient (Wildman–Crippen LogP) is 0.502. The van der Waals surface area contributed by atoms with Crippen LogP contribution in [0.2, 0.25) is 0 Å². The molecule has 1 atom stereocenters. The van der Waals surface area contributed by atoms with E-state index in [2.05, 4.69) is 17.2 Å². The molecule has 1 unspecified atom stereocenters. The number of aliphatic hydroxyl groups excluding tert-OH is 1. The highest BCUT2D eigenvalue weighted by Gasteiger charge is 2.16. The Balaban J connectivity index is 2.98. The van der Waals surface area contributed by atoms with Crippen LogP contribution in [0.1, 0.15) is 28.4 Å². The van der Waals surface area contributed by atoms with Gasteiger partial charge in [0.25, 0.3) is 5.91 Å². The van der Waals surface area contributed by atoms with Crippen molar-refractivity contribution < 1.29 is 18.3 Å². The first-order valence-corrected chi connectivity index (χ1v) is 8.48. The van der Waals surface area contributed by atoms with Crippen LogP contribution in [-0.4, -0.2) is 44.1 Å². The maximum Gasteiger partial charge on any atom is 0.252 e. The standard InChI is InChI=1S/C15H19NO4S/c1-11-6-7-13(5-4-8-17)14(9-11)15(18)16-12(2)10-21(3,19)20/h6-7,9,12,17H,8,10H2,1-3H3,(H,16,18). The van der Waals surface area contributed by atoms with E-state index in [1.807, 2.05) is 13.0 Å². The number of carbonyl (C=O) groups excluding carboxylic acids is 1. The van der Waals surface area contributed by atoms with Gasteiger partial charge in [-0.25, -0.2) is 8.42 Å². The third-order valence-electron chi connectivity index (χ3n) is 2.65. The van der Waals surface area contributed by atoms with Crippen molar-refractivity contribution >= 4 is 15.7 Å². The Morgan fingerprint density at radius 3 is 2.67 bits per heavy atom. The number of nitrogens with one attached hydrogen (secondary N) is 1. The molecule has 0 fully saturated rings. The van der Waals surface area contributed by atoms with Crippen molar-refractivity contribution in [1.82, 2.24) is 5.32 Å². The first-order valence-electron chi connectivity index (χ1n) is 6.42.